The Morgan fingerprint density at radius 2 is 2.16 bits per heavy atom. The number of carbonyl (C=O) groups excluding carboxylic acids is 1. The maximum absolute atomic E-state index is 11.7. The Labute approximate surface area is 111 Å². The summed E-state index contributed by atoms with van der Waals surface area (Å²) in [6.45, 7) is 0.406. The van der Waals surface area contributed by atoms with Crippen molar-refractivity contribution >= 4 is 11.6 Å². The largest absolute Gasteiger partial charge is 0.399 e. The number of anilines is 1. The highest BCUT2D eigenvalue weighted by Gasteiger charge is 2.03. The molecule has 5 nitrogen and oxygen atoms in total. The number of carbonyl (C=O) groups is 1. The van der Waals surface area contributed by atoms with Crippen molar-refractivity contribution < 1.29 is 4.79 Å². The quantitative estimate of drug-likeness (QED) is 0.790. The van der Waals surface area contributed by atoms with Crippen molar-refractivity contribution in [1.82, 2.24) is 15.5 Å². The summed E-state index contributed by atoms with van der Waals surface area (Å²) in [4.78, 5) is 11.7. The van der Waals surface area contributed by atoms with Gasteiger partial charge in [0.2, 0.25) is 5.91 Å². The van der Waals surface area contributed by atoms with Crippen molar-refractivity contribution in [1.29, 1.82) is 0 Å². The number of benzene rings is 1. The summed E-state index contributed by atoms with van der Waals surface area (Å²) in [5, 5.41) is 10.5. The number of nitrogens with two attached hydrogens (primary N) is 1. The molecule has 2 aromatic rings. The fourth-order valence-corrected chi connectivity index (χ4v) is 1.71. The maximum Gasteiger partial charge on any atom is 0.220 e. The number of nitrogens with zero attached hydrogens (tertiary/aromatic N) is 2. The van der Waals surface area contributed by atoms with Gasteiger partial charge in [0, 0.05) is 18.3 Å². The molecule has 0 saturated heterocycles. The third kappa shape index (κ3) is 4.39. The number of rotatable bonds is 5. The minimum atomic E-state index is -0.00641. The van der Waals surface area contributed by atoms with Crippen molar-refractivity contribution in [3.8, 4) is 0 Å². The van der Waals surface area contributed by atoms with E-state index in [4.69, 9.17) is 5.73 Å². The van der Waals surface area contributed by atoms with Crippen LogP contribution in [-0.2, 0) is 17.8 Å². The van der Waals surface area contributed by atoms with Crippen molar-refractivity contribution in [3.05, 3.63) is 53.9 Å². The average molecular weight is 256 g/mol. The SMILES string of the molecule is Nc1cccc(CCC(=O)NCc2cccnn2)c1. The Balaban J connectivity index is 1.76. The molecule has 0 atom stereocenters. The van der Waals surface area contributed by atoms with Gasteiger partial charge in [-0.3, -0.25) is 4.79 Å². The number of hydrogen-bond donors (Lipinski definition) is 2. The van der Waals surface area contributed by atoms with Crippen molar-refractivity contribution in [2.45, 2.75) is 19.4 Å². The summed E-state index contributed by atoms with van der Waals surface area (Å²) in [7, 11) is 0. The fourth-order valence-electron chi connectivity index (χ4n) is 1.71. The van der Waals surface area contributed by atoms with E-state index in [1.165, 1.54) is 0 Å². The molecule has 1 aromatic carbocycles. The molecule has 0 radical (unpaired) electrons. The van der Waals surface area contributed by atoms with E-state index in [0.717, 1.165) is 16.9 Å². The van der Waals surface area contributed by atoms with E-state index < -0.39 is 0 Å². The number of nitrogens with one attached hydrogen (secondary N) is 1. The zero-order valence-corrected chi connectivity index (χ0v) is 10.5. The molecule has 0 bridgehead atoms. The lowest BCUT2D eigenvalue weighted by molar-refractivity contribution is -0.121. The van der Waals surface area contributed by atoms with Crippen LogP contribution in [0.5, 0.6) is 0 Å². The van der Waals surface area contributed by atoms with Crippen LogP contribution >= 0.6 is 0 Å². The van der Waals surface area contributed by atoms with Gasteiger partial charge in [-0.05, 0) is 36.2 Å². The molecule has 0 spiro atoms. The summed E-state index contributed by atoms with van der Waals surface area (Å²) < 4.78 is 0. The van der Waals surface area contributed by atoms with E-state index in [1.807, 2.05) is 30.3 Å². The van der Waals surface area contributed by atoms with Gasteiger partial charge >= 0.3 is 0 Å². The minimum absolute atomic E-state index is 0.00641. The second kappa shape index (κ2) is 6.49. The van der Waals surface area contributed by atoms with Crippen LogP contribution in [0.1, 0.15) is 17.7 Å². The molecule has 5 heteroatoms. The Kier molecular flexibility index (Phi) is 4.44. The van der Waals surface area contributed by atoms with Crippen LogP contribution < -0.4 is 11.1 Å². The van der Waals surface area contributed by atoms with E-state index in [0.29, 0.717) is 19.4 Å². The predicted octanol–water partition coefficient (Wildman–Crippen LogP) is 1.31. The lowest BCUT2D eigenvalue weighted by atomic mass is 10.1. The molecular formula is C14H16N4O. The number of nitrogen functional groups attached to an aromatic ring is 1. The summed E-state index contributed by atoms with van der Waals surface area (Å²) in [6.07, 6.45) is 2.71. The highest BCUT2D eigenvalue weighted by atomic mass is 16.1. The highest BCUT2D eigenvalue weighted by molar-refractivity contribution is 5.76. The van der Waals surface area contributed by atoms with Crippen LogP contribution in [0, 0.1) is 0 Å². The molecule has 0 saturated carbocycles. The third-order valence-corrected chi connectivity index (χ3v) is 2.69. The first-order valence-electron chi connectivity index (χ1n) is 6.12. The number of aryl methyl sites for hydroxylation is 1. The first kappa shape index (κ1) is 13.0. The number of amides is 1. The lowest BCUT2D eigenvalue weighted by Gasteiger charge is -2.05. The van der Waals surface area contributed by atoms with Crippen LogP contribution in [0.4, 0.5) is 5.69 Å². The van der Waals surface area contributed by atoms with Crippen LogP contribution in [0.25, 0.3) is 0 Å². The van der Waals surface area contributed by atoms with Gasteiger partial charge in [-0.15, -0.1) is 0 Å². The standard InChI is InChI=1S/C14H16N4O/c15-12-4-1-3-11(9-12)6-7-14(19)16-10-13-5-2-8-17-18-13/h1-5,8-9H,6-7,10,15H2,(H,16,19). The smallest absolute Gasteiger partial charge is 0.220 e. The van der Waals surface area contributed by atoms with Crippen molar-refractivity contribution in [3.63, 3.8) is 0 Å². The van der Waals surface area contributed by atoms with Gasteiger partial charge in [0.25, 0.3) is 0 Å². The zero-order valence-electron chi connectivity index (χ0n) is 10.5. The molecule has 0 aliphatic heterocycles. The fraction of sp³-hybridized carbons (Fsp3) is 0.214. The minimum Gasteiger partial charge on any atom is -0.399 e. The summed E-state index contributed by atoms with van der Waals surface area (Å²) >= 11 is 0. The Morgan fingerprint density at radius 1 is 1.26 bits per heavy atom. The van der Waals surface area contributed by atoms with Gasteiger partial charge in [-0.2, -0.15) is 10.2 Å². The van der Waals surface area contributed by atoms with Gasteiger partial charge in [-0.25, -0.2) is 0 Å². The van der Waals surface area contributed by atoms with E-state index in [1.54, 1.807) is 12.3 Å². The van der Waals surface area contributed by atoms with Gasteiger partial charge in [0.15, 0.2) is 0 Å². The zero-order chi connectivity index (χ0) is 13.5. The molecule has 1 amide bonds. The van der Waals surface area contributed by atoms with Crippen LogP contribution in [0.3, 0.4) is 0 Å². The van der Waals surface area contributed by atoms with Crippen LogP contribution in [-0.4, -0.2) is 16.1 Å². The topological polar surface area (TPSA) is 80.9 Å². The monoisotopic (exact) mass is 256 g/mol. The maximum atomic E-state index is 11.7. The molecule has 0 aliphatic rings. The van der Waals surface area contributed by atoms with Crippen molar-refractivity contribution in [2.75, 3.05) is 5.73 Å². The Bertz CT molecular complexity index is 542. The van der Waals surface area contributed by atoms with Gasteiger partial charge < -0.3 is 11.1 Å². The molecule has 0 fully saturated rings. The van der Waals surface area contributed by atoms with Crippen LogP contribution in [0.2, 0.25) is 0 Å². The van der Waals surface area contributed by atoms with E-state index in [2.05, 4.69) is 15.5 Å². The van der Waals surface area contributed by atoms with Gasteiger partial charge in [-0.1, -0.05) is 12.1 Å². The summed E-state index contributed by atoms with van der Waals surface area (Å²) in [6, 6.07) is 11.2. The van der Waals surface area contributed by atoms with E-state index in [9.17, 15) is 4.79 Å². The lowest BCUT2D eigenvalue weighted by Crippen LogP contribution is -2.23. The third-order valence-electron chi connectivity index (χ3n) is 2.69. The Hall–Kier alpha value is -2.43. The van der Waals surface area contributed by atoms with Crippen LogP contribution in [0.15, 0.2) is 42.6 Å². The highest BCUT2D eigenvalue weighted by Crippen LogP contribution is 2.08. The molecular weight excluding hydrogens is 240 g/mol. The molecule has 1 aromatic heterocycles. The molecule has 0 unspecified atom stereocenters. The molecule has 1 heterocycles. The molecule has 2 rings (SSSR count). The predicted molar refractivity (Wildman–Crippen MR) is 73.1 cm³/mol. The second-order valence-corrected chi connectivity index (χ2v) is 4.24. The second-order valence-electron chi connectivity index (χ2n) is 4.24. The normalized spacial score (nSPS) is 10.1. The van der Waals surface area contributed by atoms with Crippen molar-refractivity contribution in [2.24, 2.45) is 0 Å². The summed E-state index contributed by atoms with van der Waals surface area (Å²) in [5.74, 6) is -0.00641. The van der Waals surface area contributed by atoms with E-state index in [-0.39, 0.29) is 5.91 Å². The molecule has 0 aliphatic carbocycles. The molecule has 19 heavy (non-hydrogen) atoms. The average Bonchev–Trinajstić information content (AvgIpc) is 2.44. The number of aromatic nitrogens is 2. The molecule has 98 valence electrons. The first-order valence-corrected chi connectivity index (χ1v) is 6.12. The molecule has 3 N–H and O–H groups in total. The van der Waals surface area contributed by atoms with Gasteiger partial charge in [0.05, 0.1) is 12.2 Å². The summed E-state index contributed by atoms with van der Waals surface area (Å²) in [5.41, 5.74) is 8.22. The van der Waals surface area contributed by atoms with E-state index >= 15 is 0 Å². The van der Waals surface area contributed by atoms with Gasteiger partial charge in [0.1, 0.15) is 0 Å². The number of hydrogen-bond acceptors (Lipinski definition) is 4. The first-order chi connectivity index (χ1) is 9.24. The Morgan fingerprint density at radius 3 is 2.89 bits per heavy atom.